The average Bonchev–Trinajstić information content (AvgIpc) is 3.39. The van der Waals surface area contributed by atoms with Gasteiger partial charge in [-0.3, -0.25) is 9.69 Å². The van der Waals surface area contributed by atoms with E-state index in [9.17, 15) is 9.59 Å². The Morgan fingerprint density at radius 3 is 2.71 bits per heavy atom. The summed E-state index contributed by atoms with van der Waals surface area (Å²) in [6, 6.07) is 21.9. The van der Waals surface area contributed by atoms with Gasteiger partial charge in [0.1, 0.15) is 5.54 Å². The second-order valence-electron chi connectivity index (χ2n) is 9.43. The summed E-state index contributed by atoms with van der Waals surface area (Å²) < 4.78 is 1.20. The van der Waals surface area contributed by atoms with Crippen molar-refractivity contribution in [1.82, 2.24) is 20.1 Å². The van der Waals surface area contributed by atoms with Crippen LogP contribution in [0.5, 0.6) is 0 Å². The summed E-state index contributed by atoms with van der Waals surface area (Å²) in [4.78, 5) is 34.9. The maximum atomic E-state index is 13.5. The minimum atomic E-state index is -1.07. The minimum Gasteiger partial charge on any atom is -0.319 e. The van der Waals surface area contributed by atoms with Gasteiger partial charge in [-0.1, -0.05) is 48.5 Å². The zero-order valence-corrected chi connectivity index (χ0v) is 19.8. The Labute approximate surface area is 202 Å². The van der Waals surface area contributed by atoms with Crippen LogP contribution in [0.1, 0.15) is 36.3 Å². The predicted molar refractivity (Wildman–Crippen MR) is 135 cm³/mol. The maximum absolute atomic E-state index is 13.5. The van der Waals surface area contributed by atoms with Gasteiger partial charge >= 0.3 is 6.03 Å². The van der Waals surface area contributed by atoms with Crippen LogP contribution in [0.4, 0.5) is 4.79 Å². The van der Waals surface area contributed by atoms with E-state index in [0.717, 1.165) is 52.8 Å². The van der Waals surface area contributed by atoms with Crippen LogP contribution in [-0.2, 0) is 10.3 Å². The third kappa shape index (κ3) is 3.56. The predicted octanol–water partition coefficient (Wildman–Crippen LogP) is 5.05. The summed E-state index contributed by atoms with van der Waals surface area (Å²) in [5.41, 5.74) is 0.779. The van der Waals surface area contributed by atoms with Crippen molar-refractivity contribution in [3.63, 3.8) is 0 Å². The van der Waals surface area contributed by atoms with Crippen molar-refractivity contribution in [3.8, 4) is 0 Å². The van der Waals surface area contributed by atoms with E-state index in [2.05, 4.69) is 22.3 Å². The lowest BCUT2D eigenvalue weighted by molar-refractivity contribution is -0.132. The standard InChI is InChI=1S/C27H26N4O2S/c1-27(21-13-12-18-7-2-3-8-19(18)15-21)25(32)31(26(33)29-27)17-30-14-6-9-20(16-30)24-28-22-10-4-5-11-23(22)34-24/h2-5,7-8,10-13,15,20H,6,9,14,16-17H2,1H3,(H,29,33)/t20-,27-/m1/s1. The van der Waals surface area contributed by atoms with E-state index in [1.165, 1.54) is 9.60 Å². The smallest absolute Gasteiger partial charge is 0.319 e. The summed E-state index contributed by atoms with van der Waals surface area (Å²) in [5.74, 6) is 0.119. The molecule has 34 heavy (non-hydrogen) atoms. The first kappa shape index (κ1) is 21.3. The van der Waals surface area contributed by atoms with Crippen molar-refractivity contribution < 1.29 is 9.59 Å². The third-order valence-corrected chi connectivity index (χ3v) is 8.31. The van der Waals surface area contributed by atoms with Crippen molar-refractivity contribution in [2.45, 2.75) is 31.2 Å². The fraction of sp³-hybridized carbons (Fsp3) is 0.296. The minimum absolute atomic E-state index is 0.199. The van der Waals surface area contributed by atoms with Gasteiger partial charge in [-0.2, -0.15) is 0 Å². The Balaban J connectivity index is 1.21. The number of thiazole rings is 1. The molecule has 0 spiro atoms. The van der Waals surface area contributed by atoms with E-state index in [-0.39, 0.29) is 11.9 Å². The number of piperidine rings is 1. The second kappa shape index (κ2) is 8.18. The van der Waals surface area contributed by atoms with E-state index in [1.54, 1.807) is 18.3 Å². The molecule has 0 saturated carbocycles. The van der Waals surface area contributed by atoms with Crippen LogP contribution in [0.3, 0.4) is 0 Å². The number of nitrogens with one attached hydrogen (secondary N) is 1. The molecule has 4 aromatic rings. The van der Waals surface area contributed by atoms with Gasteiger partial charge in [0.2, 0.25) is 0 Å². The first-order chi connectivity index (χ1) is 16.5. The number of carbonyl (C=O) groups is 2. The molecule has 3 aromatic carbocycles. The molecule has 2 aliphatic heterocycles. The number of likely N-dealkylation sites (tertiary alicyclic amines) is 1. The number of para-hydroxylation sites is 1. The number of fused-ring (bicyclic) bond motifs is 2. The number of amides is 3. The van der Waals surface area contributed by atoms with Crippen LogP contribution in [0.25, 0.3) is 21.0 Å². The zero-order valence-electron chi connectivity index (χ0n) is 19.0. The molecule has 1 aromatic heterocycles. The number of benzene rings is 3. The monoisotopic (exact) mass is 470 g/mol. The van der Waals surface area contributed by atoms with Gasteiger partial charge < -0.3 is 5.32 Å². The average molecular weight is 471 g/mol. The van der Waals surface area contributed by atoms with E-state index in [1.807, 2.05) is 54.6 Å². The molecule has 1 N–H and O–H groups in total. The fourth-order valence-electron chi connectivity index (χ4n) is 5.17. The van der Waals surface area contributed by atoms with E-state index < -0.39 is 5.54 Å². The zero-order chi connectivity index (χ0) is 23.3. The van der Waals surface area contributed by atoms with E-state index >= 15 is 0 Å². The molecule has 7 heteroatoms. The number of nitrogens with zero attached hydrogens (tertiary/aromatic N) is 3. The quantitative estimate of drug-likeness (QED) is 0.424. The highest BCUT2D eigenvalue weighted by Crippen LogP contribution is 2.35. The lowest BCUT2D eigenvalue weighted by Gasteiger charge is -2.33. The molecule has 0 radical (unpaired) electrons. The molecule has 2 saturated heterocycles. The van der Waals surface area contributed by atoms with Crippen LogP contribution < -0.4 is 5.32 Å². The number of hydrogen-bond acceptors (Lipinski definition) is 5. The molecule has 3 heterocycles. The van der Waals surface area contributed by atoms with Gasteiger partial charge in [0.25, 0.3) is 5.91 Å². The molecule has 2 fully saturated rings. The maximum Gasteiger partial charge on any atom is 0.326 e. The summed E-state index contributed by atoms with van der Waals surface area (Å²) in [6.45, 7) is 3.77. The lowest BCUT2D eigenvalue weighted by Crippen LogP contribution is -2.46. The molecule has 0 aliphatic carbocycles. The first-order valence-electron chi connectivity index (χ1n) is 11.7. The van der Waals surface area contributed by atoms with Crippen LogP contribution in [-0.4, -0.2) is 46.5 Å². The topological polar surface area (TPSA) is 65.5 Å². The SMILES string of the molecule is C[C@]1(c2ccc3ccccc3c2)NC(=O)N(CN2CCC[C@@H](c3nc4ccccc4s3)C2)C1=O. The molecule has 6 nitrogen and oxygen atoms in total. The second-order valence-corrected chi connectivity index (χ2v) is 10.5. The van der Waals surface area contributed by atoms with Crippen molar-refractivity contribution >= 4 is 44.3 Å². The molecule has 0 bridgehead atoms. The Bertz CT molecular complexity index is 1380. The summed E-state index contributed by atoms with van der Waals surface area (Å²) in [7, 11) is 0. The third-order valence-electron chi connectivity index (χ3n) is 7.11. The Morgan fingerprint density at radius 2 is 1.85 bits per heavy atom. The normalized spacial score (nSPS) is 23.7. The molecule has 2 atom stereocenters. The van der Waals surface area contributed by atoms with Gasteiger partial charge in [0, 0.05) is 12.5 Å². The van der Waals surface area contributed by atoms with E-state index in [0.29, 0.717) is 12.6 Å². The largest absolute Gasteiger partial charge is 0.326 e. The van der Waals surface area contributed by atoms with Gasteiger partial charge in [-0.05, 0) is 60.8 Å². The number of rotatable bonds is 4. The van der Waals surface area contributed by atoms with E-state index in [4.69, 9.17) is 4.98 Å². The van der Waals surface area contributed by atoms with Crippen LogP contribution >= 0.6 is 11.3 Å². The van der Waals surface area contributed by atoms with Crippen LogP contribution in [0, 0.1) is 0 Å². The van der Waals surface area contributed by atoms with Gasteiger partial charge in [-0.15, -0.1) is 11.3 Å². The number of hydrogen-bond donors (Lipinski definition) is 1. The molecular weight excluding hydrogens is 444 g/mol. The van der Waals surface area contributed by atoms with Gasteiger partial charge in [0.15, 0.2) is 0 Å². The summed E-state index contributed by atoms with van der Waals surface area (Å²) in [5, 5.41) is 6.27. The Kier molecular flexibility index (Phi) is 5.12. The Morgan fingerprint density at radius 1 is 1.06 bits per heavy atom. The van der Waals surface area contributed by atoms with Crippen LogP contribution in [0.15, 0.2) is 66.7 Å². The molecule has 172 valence electrons. The van der Waals surface area contributed by atoms with Crippen molar-refractivity contribution in [2.24, 2.45) is 0 Å². The molecule has 6 rings (SSSR count). The number of aromatic nitrogens is 1. The summed E-state index contributed by atoms with van der Waals surface area (Å²) >= 11 is 1.75. The lowest BCUT2D eigenvalue weighted by atomic mass is 9.90. The van der Waals surface area contributed by atoms with Crippen molar-refractivity contribution in [2.75, 3.05) is 19.8 Å². The fourth-order valence-corrected chi connectivity index (χ4v) is 6.26. The van der Waals surface area contributed by atoms with Crippen molar-refractivity contribution in [1.29, 1.82) is 0 Å². The molecular formula is C27H26N4O2S. The van der Waals surface area contributed by atoms with Crippen molar-refractivity contribution in [3.05, 3.63) is 77.3 Å². The van der Waals surface area contributed by atoms with Gasteiger partial charge in [-0.25, -0.2) is 14.7 Å². The van der Waals surface area contributed by atoms with Crippen LogP contribution in [0.2, 0.25) is 0 Å². The highest BCUT2D eigenvalue weighted by Gasteiger charge is 2.49. The van der Waals surface area contributed by atoms with Gasteiger partial charge in [0.05, 0.1) is 21.9 Å². The highest BCUT2D eigenvalue weighted by molar-refractivity contribution is 7.18. The highest BCUT2D eigenvalue weighted by atomic mass is 32.1. The number of imide groups is 1. The molecule has 2 aliphatic rings. The number of urea groups is 1. The number of carbonyl (C=O) groups excluding carboxylic acids is 2. The molecule has 0 unspecified atom stereocenters. The Hall–Kier alpha value is -3.29. The first-order valence-corrected chi connectivity index (χ1v) is 12.5. The summed E-state index contributed by atoms with van der Waals surface area (Å²) in [6.07, 6.45) is 2.09. The molecule has 3 amide bonds.